The predicted molar refractivity (Wildman–Crippen MR) is 98.3 cm³/mol. The fourth-order valence-corrected chi connectivity index (χ4v) is 3.59. The first kappa shape index (κ1) is 18.3. The second-order valence-corrected chi connectivity index (χ2v) is 6.86. The van der Waals surface area contributed by atoms with Crippen LogP contribution in [0.4, 0.5) is 8.78 Å². The molecule has 0 aliphatic heterocycles. The summed E-state index contributed by atoms with van der Waals surface area (Å²) in [6.07, 6.45) is 2.25. The second-order valence-electron chi connectivity index (χ2n) is 5.95. The first-order valence-electron chi connectivity index (χ1n) is 8.33. The van der Waals surface area contributed by atoms with Crippen molar-refractivity contribution in [1.82, 2.24) is 15.1 Å². The Morgan fingerprint density at radius 1 is 1.27 bits per heavy atom. The van der Waals surface area contributed by atoms with E-state index in [1.165, 1.54) is 17.4 Å². The van der Waals surface area contributed by atoms with Gasteiger partial charge < -0.3 is 5.32 Å². The number of thiophene rings is 1. The normalized spacial score (nSPS) is 10.9. The minimum absolute atomic E-state index is 0.177. The maximum Gasteiger partial charge on any atom is 0.261 e. The van der Waals surface area contributed by atoms with Crippen LogP contribution in [0.5, 0.6) is 0 Å². The highest BCUT2D eigenvalue weighted by molar-refractivity contribution is 7.12. The number of aromatic nitrogens is 2. The van der Waals surface area contributed by atoms with Gasteiger partial charge in [0.25, 0.3) is 5.91 Å². The van der Waals surface area contributed by atoms with E-state index in [-0.39, 0.29) is 5.91 Å². The molecule has 0 bridgehead atoms. The molecule has 26 heavy (non-hydrogen) atoms. The molecule has 3 aromatic rings. The molecule has 1 amide bonds. The Morgan fingerprint density at radius 3 is 2.81 bits per heavy atom. The number of nitrogens with zero attached hydrogens (tertiary/aromatic N) is 2. The molecule has 0 saturated carbocycles. The van der Waals surface area contributed by atoms with Crippen molar-refractivity contribution in [3.05, 3.63) is 63.5 Å². The maximum atomic E-state index is 13.2. The van der Waals surface area contributed by atoms with Gasteiger partial charge in [0.05, 0.1) is 16.8 Å². The van der Waals surface area contributed by atoms with Crippen molar-refractivity contribution in [2.24, 2.45) is 0 Å². The molecule has 0 spiro atoms. The molecule has 7 heteroatoms. The number of halogens is 2. The van der Waals surface area contributed by atoms with Crippen LogP contribution in [-0.4, -0.2) is 22.2 Å². The Kier molecular flexibility index (Phi) is 5.46. The first-order valence-corrected chi connectivity index (χ1v) is 9.21. The number of carbonyl (C=O) groups excluding carboxylic acids is 1. The average molecular weight is 375 g/mol. The summed E-state index contributed by atoms with van der Waals surface area (Å²) in [5.74, 6) is -1.92. The summed E-state index contributed by atoms with van der Waals surface area (Å²) >= 11 is 1.37. The molecule has 3 rings (SSSR count). The summed E-state index contributed by atoms with van der Waals surface area (Å²) in [4.78, 5) is 12.9. The Bertz CT molecular complexity index is 933. The molecule has 0 atom stereocenters. The molecular formula is C19H19F2N3OS. The van der Waals surface area contributed by atoms with Crippen molar-refractivity contribution in [2.75, 3.05) is 6.54 Å². The van der Waals surface area contributed by atoms with Crippen molar-refractivity contribution in [3.8, 4) is 11.3 Å². The smallest absolute Gasteiger partial charge is 0.261 e. The quantitative estimate of drug-likeness (QED) is 0.702. The lowest BCUT2D eigenvalue weighted by Crippen LogP contribution is -2.24. The van der Waals surface area contributed by atoms with Crippen molar-refractivity contribution in [3.63, 3.8) is 0 Å². The Hall–Kier alpha value is -2.54. The van der Waals surface area contributed by atoms with Gasteiger partial charge in [0.15, 0.2) is 11.6 Å². The third kappa shape index (κ3) is 3.83. The number of carbonyl (C=O) groups is 1. The number of aryl methyl sites for hydroxylation is 2. The fourth-order valence-electron chi connectivity index (χ4n) is 2.78. The number of rotatable bonds is 6. The number of hydrogen-bond acceptors (Lipinski definition) is 3. The van der Waals surface area contributed by atoms with Crippen molar-refractivity contribution < 1.29 is 13.6 Å². The van der Waals surface area contributed by atoms with Gasteiger partial charge in [0.2, 0.25) is 0 Å². The molecule has 1 N–H and O–H groups in total. The predicted octanol–water partition coefficient (Wildman–Crippen LogP) is 4.19. The summed E-state index contributed by atoms with van der Waals surface area (Å²) in [6, 6.07) is 5.62. The SMILES string of the molecule is CCn1ncc(C)c1-c1csc(C(=O)NCCc2ccc(F)c(F)c2)c1. The zero-order chi connectivity index (χ0) is 18.7. The topological polar surface area (TPSA) is 46.9 Å². The lowest BCUT2D eigenvalue weighted by molar-refractivity contribution is 0.0958. The van der Waals surface area contributed by atoms with E-state index in [0.717, 1.165) is 35.5 Å². The van der Waals surface area contributed by atoms with Crippen LogP contribution in [0.15, 0.2) is 35.8 Å². The molecule has 2 heterocycles. The van der Waals surface area contributed by atoms with E-state index in [1.54, 1.807) is 0 Å². The van der Waals surface area contributed by atoms with Crippen LogP contribution in [0.2, 0.25) is 0 Å². The number of hydrogen-bond donors (Lipinski definition) is 1. The third-order valence-electron chi connectivity index (χ3n) is 4.10. The highest BCUT2D eigenvalue weighted by Crippen LogP contribution is 2.28. The van der Waals surface area contributed by atoms with Crippen LogP contribution in [0.25, 0.3) is 11.3 Å². The molecule has 0 radical (unpaired) electrons. The van der Waals surface area contributed by atoms with Crippen LogP contribution in [-0.2, 0) is 13.0 Å². The minimum atomic E-state index is -0.875. The van der Waals surface area contributed by atoms with Crippen LogP contribution < -0.4 is 5.32 Å². The molecule has 0 aliphatic carbocycles. The monoisotopic (exact) mass is 375 g/mol. The summed E-state index contributed by atoms with van der Waals surface area (Å²) < 4.78 is 28.0. The van der Waals surface area contributed by atoms with Crippen LogP contribution >= 0.6 is 11.3 Å². The zero-order valence-corrected chi connectivity index (χ0v) is 15.4. The summed E-state index contributed by atoms with van der Waals surface area (Å²) in [7, 11) is 0. The molecule has 2 aromatic heterocycles. The Balaban J connectivity index is 1.63. The lowest BCUT2D eigenvalue weighted by Gasteiger charge is -2.05. The highest BCUT2D eigenvalue weighted by atomic mass is 32.1. The van der Waals surface area contributed by atoms with Gasteiger partial charge in [0.1, 0.15) is 0 Å². The van der Waals surface area contributed by atoms with Crippen LogP contribution in [0.3, 0.4) is 0 Å². The number of benzene rings is 1. The Labute approximate surface area is 154 Å². The Morgan fingerprint density at radius 2 is 2.08 bits per heavy atom. The molecule has 4 nitrogen and oxygen atoms in total. The summed E-state index contributed by atoms with van der Waals surface area (Å²) in [6.45, 7) is 5.12. The fraction of sp³-hybridized carbons (Fsp3) is 0.263. The molecule has 1 aromatic carbocycles. The molecule has 0 unspecified atom stereocenters. The van der Waals surface area contributed by atoms with Crippen molar-refractivity contribution in [2.45, 2.75) is 26.8 Å². The van der Waals surface area contributed by atoms with E-state index in [0.29, 0.717) is 23.4 Å². The number of amides is 1. The summed E-state index contributed by atoms with van der Waals surface area (Å²) in [5.41, 5.74) is 3.69. The highest BCUT2D eigenvalue weighted by Gasteiger charge is 2.14. The van der Waals surface area contributed by atoms with Gasteiger partial charge in [-0.05, 0) is 49.6 Å². The van der Waals surface area contributed by atoms with Crippen molar-refractivity contribution >= 4 is 17.2 Å². The van der Waals surface area contributed by atoms with E-state index >= 15 is 0 Å². The van der Waals surface area contributed by atoms with Gasteiger partial charge in [-0.15, -0.1) is 11.3 Å². The van der Waals surface area contributed by atoms with E-state index in [9.17, 15) is 13.6 Å². The van der Waals surface area contributed by atoms with E-state index in [2.05, 4.69) is 10.4 Å². The van der Waals surface area contributed by atoms with Gasteiger partial charge in [-0.1, -0.05) is 6.07 Å². The molecule has 0 aliphatic rings. The second kappa shape index (κ2) is 7.78. The van der Waals surface area contributed by atoms with E-state index in [1.807, 2.05) is 36.2 Å². The summed E-state index contributed by atoms with van der Waals surface area (Å²) in [5, 5.41) is 9.09. The van der Waals surface area contributed by atoms with Crippen LogP contribution in [0.1, 0.15) is 27.7 Å². The van der Waals surface area contributed by atoms with Crippen LogP contribution in [0, 0.1) is 18.6 Å². The zero-order valence-electron chi connectivity index (χ0n) is 14.6. The molecule has 136 valence electrons. The standard InChI is InChI=1S/C19H19F2N3OS/c1-3-24-18(12(2)10-23-24)14-9-17(26-11-14)19(25)22-7-6-13-4-5-15(20)16(21)8-13/h4-5,8-11H,3,6-7H2,1-2H3,(H,22,25). The first-order chi connectivity index (χ1) is 12.5. The van der Waals surface area contributed by atoms with Gasteiger partial charge in [-0.3, -0.25) is 9.48 Å². The van der Waals surface area contributed by atoms with Gasteiger partial charge in [-0.2, -0.15) is 5.10 Å². The van der Waals surface area contributed by atoms with E-state index in [4.69, 9.17) is 0 Å². The number of nitrogens with one attached hydrogen (secondary N) is 1. The minimum Gasteiger partial charge on any atom is -0.351 e. The lowest BCUT2D eigenvalue weighted by atomic mass is 10.1. The molecule has 0 fully saturated rings. The van der Waals surface area contributed by atoms with Crippen molar-refractivity contribution in [1.29, 1.82) is 0 Å². The third-order valence-corrected chi connectivity index (χ3v) is 5.03. The maximum absolute atomic E-state index is 13.2. The average Bonchev–Trinajstić information content (AvgIpc) is 3.24. The van der Waals surface area contributed by atoms with Gasteiger partial charge in [-0.25, -0.2) is 8.78 Å². The van der Waals surface area contributed by atoms with Gasteiger partial charge in [0, 0.05) is 24.0 Å². The molecule has 0 saturated heterocycles. The molecular weight excluding hydrogens is 356 g/mol. The van der Waals surface area contributed by atoms with E-state index < -0.39 is 11.6 Å². The van der Waals surface area contributed by atoms with Gasteiger partial charge >= 0.3 is 0 Å². The largest absolute Gasteiger partial charge is 0.351 e.